The van der Waals surface area contributed by atoms with Crippen LogP contribution in [0.1, 0.15) is 0 Å². The van der Waals surface area contributed by atoms with E-state index in [1.165, 1.54) is 73.6 Å². The summed E-state index contributed by atoms with van der Waals surface area (Å²) in [7, 11) is 0. The van der Waals surface area contributed by atoms with Gasteiger partial charge in [0.15, 0.2) is 0 Å². The van der Waals surface area contributed by atoms with Crippen molar-refractivity contribution in [3.8, 4) is 11.1 Å². The molecule has 0 saturated carbocycles. The maximum absolute atomic E-state index is 3.72. The summed E-state index contributed by atoms with van der Waals surface area (Å²) in [4.78, 5) is 2.44. The van der Waals surface area contributed by atoms with Gasteiger partial charge in [-0.3, -0.25) is 0 Å². The third kappa shape index (κ3) is 4.92. The fourth-order valence-corrected chi connectivity index (χ4v) is 9.53. The highest BCUT2D eigenvalue weighted by Gasteiger charge is 2.20. The Kier molecular flexibility index (Phi) is 6.90. The Labute approximate surface area is 298 Å². The molecule has 2 heterocycles. The van der Waals surface area contributed by atoms with Gasteiger partial charge in [-0.05, 0) is 83.2 Å². The Morgan fingerprint density at radius 1 is 0.380 bits per heavy atom. The second kappa shape index (κ2) is 11.9. The highest BCUT2D eigenvalue weighted by atomic mass is 32.1. The van der Waals surface area contributed by atoms with Crippen molar-refractivity contribution in [2.24, 2.45) is 0 Å². The van der Waals surface area contributed by atoms with Crippen LogP contribution in [-0.4, -0.2) is 0 Å². The molecule has 4 heteroatoms. The summed E-state index contributed by atoms with van der Waals surface area (Å²) in [6.45, 7) is 0. The van der Waals surface area contributed by atoms with Crippen LogP contribution in [0.4, 0.5) is 28.4 Å². The van der Waals surface area contributed by atoms with Gasteiger partial charge in [-0.1, -0.05) is 109 Å². The number of thiophene rings is 2. The van der Waals surface area contributed by atoms with Crippen LogP contribution in [0.15, 0.2) is 176 Å². The molecule has 8 aromatic carbocycles. The van der Waals surface area contributed by atoms with Crippen molar-refractivity contribution in [1.29, 1.82) is 0 Å². The predicted octanol–water partition coefficient (Wildman–Crippen LogP) is 14.5. The number of fused-ring (bicyclic) bond motifs is 7. The Morgan fingerprint density at radius 3 is 1.78 bits per heavy atom. The second-order valence-corrected chi connectivity index (χ2v) is 14.8. The van der Waals surface area contributed by atoms with Gasteiger partial charge in [-0.25, -0.2) is 0 Å². The molecular weight excluding hydrogens is 645 g/mol. The van der Waals surface area contributed by atoms with Crippen LogP contribution in [0, 0.1) is 0 Å². The zero-order valence-corrected chi connectivity index (χ0v) is 28.6. The Hall–Kier alpha value is -5.94. The summed E-state index contributed by atoms with van der Waals surface area (Å²) in [6, 6.07) is 63.8. The smallest absolute Gasteiger partial charge is 0.0640 e. The molecule has 0 aliphatic carbocycles. The highest BCUT2D eigenvalue weighted by Crippen LogP contribution is 2.47. The van der Waals surface area contributed by atoms with E-state index in [0.717, 1.165) is 17.1 Å². The number of nitrogens with one attached hydrogen (secondary N) is 1. The number of hydrogen-bond donors (Lipinski definition) is 1. The van der Waals surface area contributed by atoms with Gasteiger partial charge in [0.1, 0.15) is 0 Å². The topological polar surface area (TPSA) is 15.3 Å². The van der Waals surface area contributed by atoms with Crippen molar-refractivity contribution in [3.63, 3.8) is 0 Å². The first kappa shape index (κ1) is 29.0. The van der Waals surface area contributed by atoms with Gasteiger partial charge in [-0.2, -0.15) is 0 Å². The number of anilines is 5. The molecule has 0 amide bonds. The molecule has 2 aromatic heterocycles. The zero-order valence-electron chi connectivity index (χ0n) is 27.0. The van der Waals surface area contributed by atoms with E-state index in [-0.39, 0.29) is 0 Å². The number of nitrogens with zero attached hydrogens (tertiary/aromatic N) is 1. The first-order chi connectivity index (χ1) is 24.8. The van der Waals surface area contributed by atoms with E-state index in [1.807, 2.05) is 22.7 Å². The van der Waals surface area contributed by atoms with Gasteiger partial charge in [0.2, 0.25) is 0 Å². The van der Waals surface area contributed by atoms with Crippen molar-refractivity contribution in [3.05, 3.63) is 176 Å². The second-order valence-electron chi connectivity index (χ2n) is 12.6. The maximum Gasteiger partial charge on any atom is 0.0640 e. The van der Waals surface area contributed by atoms with Crippen LogP contribution in [0.25, 0.3) is 62.2 Å². The average Bonchev–Trinajstić information content (AvgIpc) is 3.74. The molecule has 0 fully saturated rings. The fraction of sp³-hybridized carbons (Fsp3) is 0. The van der Waals surface area contributed by atoms with Crippen molar-refractivity contribution in [1.82, 2.24) is 0 Å². The summed E-state index contributed by atoms with van der Waals surface area (Å²) in [5.41, 5.74) is 8.08. The number of rotatable bonds is 6. The van der Waals surface area contributed by atoms with Crippen molar-refractivity contribution >= 4 is 102 Å². The van der Waals surface area contributed by atoms with Gasteiger partial charge in [-0.15, -0.1) is 22.7 Å². The molecule has 0 atom stereocenters. The first-order valence-electron chi connectivity index (χ1n) is 16.8. The Balaban J connectivity index is 1.10. The van der Waals surface area contributed by atoms with E-state index in [9.17, 15) is 0 Å². The number of benzene rings is 8. The van der Waals surface area contributed by atoms with Gasteiger partial charge in [0.25, 0.3) is 0 Å². The molecule has 0 radical (unpaired) electrons. The molecule has 0 spiro atoms. The van der Waals surface area contributed by atoms with Crippen molar-refractivity contribution < 1.29 is 0 Å². The lowest BCUT2D eigenvalue weighted by molar-refractivity contribution is 1.32. The van der Waals surface area contributed by atoms with Crippen LogP contribution in [0.2, 0.25) is 0 Å². The summed E-state index contributed by atoms with van der Waals surface area (Å²) in [5.74, 6) is 0. The third-order valence-electron chi connectivity index (χ3n) is 9.62. The van der Waals surface area contributed by atoms with Gasteiger partial charge < -0.3 is 10.2 Å². The quantitative estimate of drug-likeness (QED) is 0.189. The maximum atomic E-state index is 3.72. The largest absolute Gasteiger partial charge is 0.355 e. The molecule has 10 rings (SSSR count). The Morgan fingerprint density at radius 2 is 0.960 bits per heavy atom. The Bertz CT molecular complexity index is 2840. The summed E-state index contributed by atoms with van der Waals surface area (Å²) in [6.07, 6.45) is 0. The van der Waals surface area contributed by atoms with Crippen LogP contribution >= 0.6 is 22.7 Å². The lowest BCUT2D eigenvalue weighted by atomic mass is 10.0. The van der Waals surface area contributed by atoms with Gasteiger partial charge >= 0.3 is 0 Å². The molecule has 1 N–H and O–H groups in total. The van der Waals surface area contributed by atoms with Crippen LogP contribution in [-0.2, 0) is 0 Å². The standard InChI is InChI=1S/C46H30N2S2/c1-2-10-30(11-3-1)31-20-24-35(25-21-31)48(41-17-8-13-32-12-4-5-14-36(32)41)42-18-9-16-38-40-29-34(23-27-45(40)50-46(38)42)47-33-22-26-44-39(28-33)37-15-6-7-19-43(37)49-44/h1-29,47H. The van der Waals surface area contributed by atoms with Crippen LogP contribution < -0.4 is 10.2 Å². The lowest BCUT2D eigenvalue weighted by Crippen LogP contribution is -2.10. The zero-order chi connectivity index (χ0) is 33.0. The average molecular weight is 675 g/mol. The molecule has 10 aromatic rings. The summed E-state index contributed by atoms with van der Waals surface area (Å²) < 4.78 is 5.18. The monoisotopic (exact) mass is 674 g/mol. The fourth-order valence-electron chi connectivity index (χ4n) is 7.25. The molecule has 0 aliphatic rings. The molecular formula is C46H30N2S2. The van der Waals surface area contributed by atoms with E-state index in [4.69, 9.17) is 0 Å². The normalized spacial score (nSPS) is 11.6. The SMILES string of the molecule is c1ccc(-c2ccc(N(c3cccc4ccccc34)c3cccc4c3sc3ccc(Nc5ccc6sc7ccccc7c6c5)cc34)cc2)cc1. The summed E-state index contributed by atoms with van der Waals surface area (Å²) >= 11 is 3.71. The predicted molar refractivity (Wildman–Crippen MR) is 220 cm³/mol. The molecule has 2 nitrogen and oxygen atoms in total. The molecule has 0 bridgehead atoms. The van der Waals surface area contributed by atoms with E-state index in [1.54, 1.807) is 0 Å². The van der Waals surface area contributed by atoms with E-state index >= 15 is 0 Å². The van der Waals surface area contributed by atoms with E-state index < -0.39 is 0 Å². The van der Waals surface area contributed by atoms with E-state index in [2.05, 4.69) is 186 Å². The molecule has 50 heavy (non-hydrogen) atoms. The minimum Gasteiger partial charge on any atom is -0.355 e. The minimum absolute atomic E-state index is 1.09. The first-order valence-corrected chi connectivity index (χ1v) is 18.5. The molecule has 0 saturated heterocycles. The van der Waals surface area contributed by atoms with Gasteiger partial charge in [0.05, 0.1) is 16.1 Å². The molecule has 236 valence electrons. The lowest BCUT2D eigenvalue weighted by Gasteiger charge is -2.27. The highest BCUT2D eigenvalue weighted by molar-refractivity contribution is 7.26. The number of hydrogen-bond acceptors (Lipinski definition) is 4. The van der Waals surface area contributed by atoms with Crippen molar-refractivity contribution in [2.75, 3.05) is 10.2 Å². The van der Waals surface area contributed by atoms with Gasteiger partial charge in [0, 0.05) is 58.1 Å². The van der Waals surface area contributed by atoms with Crippen LogP contribution in [0.5, 0.6) is 0 Å². The van der Waals surface area contributed by atoms with E-state index in [0.29, 0.717) is 0 Å². The summed E-state index contributed by atoms with van der Waals surface area (Å²) in [5, 5.41) is 11.3. The third-order valence-corrected chi connectivity index (χ3v) is 12.0. The molecule has 0 aliphatic heterocycles. The minimum atomic E-state index is 1.09. The van der Waals surface area contributed by atoms with Crippen LogP contribution in [0.3, 0.4) is 0 Å². The van der Waals surface area contributed by atoms with Crippen molar-refractivity contribution in [2.45, 2.75) is 0 Å². The molecule has 0 unspecified atom stereocenters.